The van der Waals surface area contributed by atoms with E-state index < -0.39 is 0 Å². The fourth-order valence-electron chi connectivity index (χ4n) is 1.22. The number of nitrogens with zero attached hydrogens (tertiary/aromatic N) is 1. The van der Waals surface area contributed by atoms with Crippen molar-refractivity contribution in [2.75, 3.05) is 6.54 Å². The topological polar surface area (TPSA) is 68.0 Å². The first-order valence-electron chi connectivity index (χ1n) is 5.45. The van der Waals surface area contributed by atoms with Crippen molar-refractivity contribution >= 4 is 17.2 Å². The van der Waals surface area contributed by atoms with Gasteiger partial charge in [0.15, 0.2) is 0 Å². The second-order valence-electron chi connectivity index (χ2n) is 4.16. The Kier molecular flexibility index (Phi) is 4.89. The van der Waals surface area contributed by atoms with Crippen LogP contribution in [0.5, 0.6) is 0 Å². The molecule has 3 unspecified atom stereocenters. The van der Waals surface area contributed by atoms with Gasteiger partial charge in [0.25, 0.3) is 0 Å². The van der Waals surface area contributed by atoms with E-state index in [9.17, 15) is 4.79 Å². The van der Waals surface area contributed by atoms with E-state index in [4.69, 9.17) is 5.73 Å². The average molecular weight is 241 g/mol. The van der Waals surface area contributed by atoms with Crippen LogP contribution in [0, 0.1) is 5.92 Å². The highest BCUT2D eigenvalue weighted by atomic mass is 32.1. The van der Waals surface area contributed by atoms with Crippen LogP contribution in [0.2, 0.25) is 0 Å². The van der Waals surface area contributed by atoms with E-state index in [1.165, 1.54) is 0 Å². The molecule has 1 aromatic rings. The van der Waals surface area contributed by atoms with Gasteiger partial charge >= 0.3 is 0 Å². The van der Waals surface area contributed by atoms with Crippen LogP contribution >= 0.6 is 11.3 Å². The molecule has 0 saturated carbocycles. The zero-order valence-corrected chi connectivity index (χ0v) is 10.8. The van der Waals surface area contributed by atoms with Crippen LogP contribution in [-0.4, -0.2) is 23.5 Å². The molecular weight excluding hydrogens is 222 g/mol. The van der Waals surface area contributed by atoms with Crippen molar-refractivity contribution in [2.24, 2.45) is 11.7 Å². The number of carbonyl (C=O) groups excluding carboxylic acids is 1. The molecule has 0 aliphatic heterocycles. The Morgan fingerprint density at radius 3 is 2.75 bits per heavy atom. The van der Waals surface area contributed by atoms with Crippen molar-refractivity contribution in [1.29, 1.82) is 0 Å². The van der Waals surface area contributed by atoms with E-state index in [-0.39, 0.29) is 23.8 Å². The van der Waals surface area contributed by atoms with Gasteiger partial charge < -0.3 is 11.1 Å². The molecule has 0 spiro atoms. The molecule has 0 radical (unpaired) electrons. The second-order valence-corrected chi connectivity index (χ2v) is 5.09. The van der Waals surface area contributed by atoms with Gasteiger partial charge in [0.05, 0.1) is 5.01 Å². The molecule has 16 heavy (non-hydrogen) atoms. The van der Waals surface area contributed by atoms with Gasteiger partial charge in [-0.25, -0.2) is 4.98 Å². The van der Waals surface area contributed by atoms with Crippen molar-refractivity contribution in [3.05, 3.63) is 16.6 Å². The van der Waals surface area contributed by atoms with Crippen LogP contribution in [0.15, 0.2) is 11.6 Å². The van der Waals surface area contributed by atoms with Crippen LogP contribution in [0.25, 0.3) is 0 Å². The van der Waals surface area contributed by atoms with Crippen LogP contribution < -0.4 is 11.1 Å². The summed E-state index contributed by atoms with van der Waals surface area (Å²) in [6, 6.07) is -0.116. The summed E-state index contributed by atoms with van der Waals surface area (Å²) in [5, 5.41) is 5.89. The summed E-state index contributed by atoms with van der Waals surface area (Å²) in [7, 11) is 0. The highest BCUT2D eigenvalue weighted by Gasteiger charge is 2.18. The van der Waals surface area contributed by atoms with E-state index in [1.54, 1.807) is 17.5 Å². The lowest BCUT2D eigenvalue weighted by atomic mass is 10.0. The molecular formula is C11H19N3OS. The molecule has 4 nitrogen and oxygen atoms in total. The number of hydrogen-bond donors (Lipinski definition) is 2. The molecule has 1 aromatic heterocycles. The third-order valence-electron chi connectivity index (χ3n) is 2.66. The molecule has 3 atom stereocenters. The fraction of sp³-hybridized carbons (Fsp3) is 0.636. The van der Waals surface area contributed by atoms with Crippen molar-refractivity contribution in [3.8, 4) is 0 Å². The minimum absolute atomic E-state index is 0.0124. The van der Waals surface area contributed by atoms with Gasteiger partial charge in [-0.3, -0.25) is 4.79 Å². The molecule has 3 N–H and O–H groups in total. The molecule has 90 valence electrons. The lowest BCUT2D eigenvalue weighted by Crippen LogP contribution is -2.39. The summed E-state index contributed by atoms with van der Waals surface area (Å²) in [4.78, 5) is 15.9. The molecule has 0 saturated heterocycles. The zero-order chi connectivity index (χ0) is 12.1. The summed E-state index contributed by atoms with van der Waals surface area (Å²) < 4.78 is 0. The summed E-state index contributed by atoms with van der Waals surface area (Å²) in [5.74, 6) is 0.117. The van der Waals surface area contributed by atoms with Crippen molar-refractivity contribution in [1.82, 2.24) is 10.3 Å². The summed E-state index contributed by atoms with van der Waals surface area (Å²) in [5.41, 5.74) is 5.67. The SMILES string of the molecule is CC(CNC(=O)C(C)C(C)N)c1nccs1. The third-order valence-corrected chi connectivity index (χ3v) is 3.66. The Morgan fingerprint density at radius 1 is 1.56 bits per heavy atom. The highest BCUT2D eigenvalue weighted by Crippen LogP contribution is 2.16. The first-order valence-corrected chi connectivity index (χ1v) is 6.33. The van der Waals surface area contributed by atoms with Crippen molar-refractivity contribution < 1.29 is 4.79 Å². The van der Waals surface area contributed by atoms with E-state index in [1.807, 2.05) is 19.2 Å². The molecule has 1 amide bonds. The van der Waals surface area contributed by atoms with E-state index in [0.717, 1.165) is 5.01 Å². The first kappa shape index (κ1) is 13.1. The molecule has 0 aliphatic carbocycles. The molecule has 0 bridgehead atoms. The van der Waals surface area contributed by atoms with Gasteiger partial charge in [-0.1, -0.05) is 13.8 Å². The van der Waals surface area contributed by atoms with Gasteiger partial charge in [0, 0.05) is 36.0 Å². The molecule has 0 aromatic carbocycles. The van der Waals surface area contributed by atoms with E-state index in [2.05, 4.69) is 17.2 Å². The number of rotatable bonds is 5. The van der Waals surface area contributed by atoms with Crippen molar-refractivity contribution in [2.45, 2.75) is 32.7 Å². The van der Waals surface area contributed by atoms with E-state index >= 15 is 0 Å². The van der Waals surface area contributed by atoms with Crippen molar-refractivity contribution in [3.63, 3.8) is 0 Å². The average Bonchev–Trinajstić information content (AvgIpc) is 2.77. The third kappa shape index (κ3) is 3.57. The standard InChI is InChI=1S/C11H19N3OS/c1-7(11-13-4-5-16-11)6-14-10(15)8(2)9(3)12/h4-5,7-9H,6,12H2,1-3H3,(H,14,15). The predicted octanol–water partition coefficient (Wildman–Crippen LogP) is 1.35. The van der Waals surface area contributed by atoms with Crippen LogP contribution in [-0.2, 0) is 4.79 Å². The normalized spacial score (nSPS) is 16.5. The Balaban J connectivity index is 2.37. The number of nitrogens with one attached hydrogen (secondary N) is 1. The molecule has 5 heteroatoms. The summed E-state index contributed by atoms with van der Waals surface area (Å²) >= 11 is 1.61. The lowest BCUT2D eigenvalue weighted by Gasteiger charge is -2.17. The van der Waals surface area contributed by atoms with Crippen LogP contribution in [0.3, 0.4) is 0 Å². The van der Waals surface area contributed by atoms with Gasteiger partial charge in [-0.2, -0.15) is 0 Å². The molecule has 0 fully saturated rings. The first-order chi connectivity index (χ1) is 7.52. The maximum absolute atomic E-state index is 11.7. The Labute approximate surface area is 100 Å². The second kappa shape index (κ2) is 5.96. The van der Waals surface area contributed by atoms with Crippen LogP contribution in [0.4, 0.5) is 0 Å². The monoisotopic (exact) mass is 241 g/mol. The van der Waals surface area contributed by atoms with Gasteiger partial charge in [0.1, 0.15) is 0 Å². The fourth-order valence-corrected chi connectivity index (χ4v) is 1.92. The minimum atomic E-state index is -0.150. The Morgan fingerprint density at radius 2 is 2.25 bits per heavy atom. The maximum Gasteiger partial charge on any atom is 0.224 e. The Bertz CT molecular complexity index is 324. The highest BCUT2D eigenvalue weighted by molar-refractivity contribution is 7.09. The Hall–Kier alpha value is -0.940. The molecule has 0 aliphatic rings. The molecule has 1 heterocycles. The summed E-state index contributed by atoms with van der Waals surface area (Å²) in [6.45, 7) is 6.35. The van der Waals surface area contributed by atoms with Gasteiger partial charge in [-0.05, 0) is 6.92 Å². The largest absolute Gasteiger partial charge is 0.355 e. The number of aromatic nitrogens is 1. The maximum atomic E-state index is 11.7. The van der Waals surface area contributed by atoms with Crippen LogP contribution in [0.1, 0.15) is 31.7 Å². The summed E-state index contributed by atoms with van der Waals surface area (Å²) in [6.07, 6.45) is 1.78. The number of amides is 1. The molecule has 1 rings (SSSR count). The zero-order valence-electron chi connectivity index (χ0n) is 9.93. The van der Waals surface area contributed by atoms with Gasteiger partial charge in [-0.15, -0.1) is 11.3 Å². The number of carbonyl (C=O) groups is 1. The number of hydrogen-bond acceptors (Lipinski definition) is 4. The van der Waals surface area contributed by atoms with Gasteiger partial charge in [0.2, 0.25) is 5.91 Å². The lowest BCUT2D eigenvalue weighted by molar-refractivity contribution is -0.124. The minimum Gasteiger partial charge on any atom is -0.355 e. The van der Waals surface area contributed by atoms with E-state index in [0.29, 0.717) is 6.54 Å². The number of thiazole rings is 1. The smallest absolute Gasteiger partial charge is 0.224 e. The quantitative estimate of drug-likeness (QED) is 0.817. The number of nitrogens with two attached hydrogens (primary N) is 1. The predicted molar refractivity (Wildman–Crippen MR) is 66.4 cm³/mol.